The SMILES string of the molecule is C.NS(=O)(=O)Nc1ccc(CCCN2CCCCCC2)cc1. The molecule has 22 heavy (non-hydrogen) atoms. The highest BCUT2D eigenvalue weighted by atomic mass is 32.2. The summed E-state index contributed by atoms with van der Waals surface area (Å²) < 4.78 is 24.1. The van der Waals surface area contributed by atoms with E-state index >= 15 is 0 Å². The highest BCUT2D eigenvalue weighted by Gasteiger charge is 2.08. The average molecular weight is 327 g/mol. The monoisotopic (exact) mass is 327 g/mol. The molecule has 1 aromatic carbocycles. The summed E-state index contributed by atoms with van der Waals surface area (Å²) in [4.78, 5) is 2.56. The zero-order chi connectivity index (χ0) is 15.1. The molecule has 0 bridgehead atoms. The highest BCUT2D eigenvalue weighted by Crippen LogP contribution is 2.13. The van der Waals surface area contributed by atoms with Crippen LogP contribution in [0.3, 0.4) is 0 Å². The number of nitrogens with one attached hydrogen (secondary N) is 1. The van der Waals surface area contributed by atoms with Crippen LogP contribution in [0.25, 0.3) is 0 Å². The van der Waals surface area contributed by atoms with E-state index in [-0.39, 0.29) is 7.43 Å². The van der Waals surface area contributed by atoms with Crippen molar-refractivity contribution in [3.63, 3.8) is 0 Å². The van der Waals surface area contributed by atoms with E-state index in [4.69, 9.17) is 5.14 Å². The topological polar surface area (TPSA) is 75.4 Å². The number of anilines is 1. The summed E-state index contributed by atoms with van der Waals surface area (Å²) in [6.07, 6.45) is 7.56. The Morgan fingerprint density at radius 1 is 1.05 bits per heavy atom. The molecule has 2 rings (SSSR count). The highest BCUT2D eigenvalue weighted by molar-refractivity contribution is 7.90. The molecule has 0 spiro atoms. The van der Waals surface area contributed by atoms with Crippen LogP contribution in [0.15, 0.2) is 24.3 Å². The standard InChI is InChI=1S/C15H25N3O2S.CH4/c16-21(19,20)17-15-9-7-14(8-10-15)6-5-13-18-11-3-1-2-4-12-18;/h7-10,17H,1-6,11-13H2,(H2,16,19,20);1H4. The molecule has 1 saturated heterocycles. The van der Waals surface area contributed by atoms with Crippen LogP contribution in [-0.2, 0) is 16.6 Å². The number of nitrogens with two attached hydrogens (primary N) is 1. The van der Waals surface area contributed by atoms with Gasteiger partial charge in [-0.1, -0.05) is 32.4 Å². The Hall–Kier alpha value is -1.11. The number of likely N-dealkylation sites (tertiary alicyclic amines) is 1. The molecule has 1 fully saturated rings. The smallest absolute Gasteiger partial charge is 0.296 e. The average Bonchev–Trinajstić information content (AvgIpc) is 2.68. The second-order valence-electron chi connectivity index (χ2n) is 5.70. The first-order valence-corrected chi connectivity index (χ1v) is 9.19. The van der Waals surface area contributed by atoms with Crippen molar-refractivity contribution in [1.82, 2.24) is 4.90 Å². The Kier molecular flexibility index (Phi) is 7.85. The van der Waals surface area contributed by atoms with Crippen LogP contribution >= 0.6 is 0 Å². The van der Waals surface area contributed by atoms with Crippen LogP contribution in [0.1, 0.15) is 45.1 Å². The van der Waals surface area contributed by atoms with Gasteiger partial charge < -0.3 is 4.90 Å². The minimum Gasteiger partial charge on any atom is -0.303 e. The minimum atomic E-state index is -3.68. The number of hydrogen-bond acceptors (Lipinski definition) is 3. The van der Waals surface area contributed by atoms with Crippen molar-refractivity contribution in [2.75, 3.05) is 24.4 Å². The summed E-state index contributed by atoms with van der Waals surface area (Å²) in [6.45, 7) is 3.62. The van der Waals surface area contributed by atoms with Crippen molar-refractivity contribution in [2.24, 2.45) is 5.14 Å². The maximum atomic E-state index is 10.9. The Morgan fingerprint density at radius 3 is 2.18 bits per heavy atom. The molecule has 0 amide bonds. The molecule has 0 radical (unpaired) electrons. The van der Waals surface area contributed by atoms with E-state index in [1.165, 1.54) is 44.3 Å². The van der Waals surface area contributed by atoms with E-state index < -0.39 is 10.2 Å². The van der Waals surface area contributed by atoms with Crippen molar-refractivity contribution < 1.29 is 8.42 Å². The molecule has 1 aliphatic heterocycles. The molecule has 0 aliphatic carbocycles. The number of nitrogens with zero attached hydrogens (tertiary/aromatic N) is 1. The molecule has 6 heteroatoms. The zero-order valence-electron chi connectivity index (χ0n) is 12.4. The molecule has 0 aromatic heterocycles. The van der Waals surface area contributed by atoms with E-state index in [0.717, 1.165) is 19.4 Å². The van der Waals surface area contributed by atoms with Crippen molar-refractivity contribution in [3.8, 4) is 0 Å². The lowest BCUT2D eigenvalue weighted by Crippen LogP contribution is -2.26. The van der Waals surface area contributed by atoms with Gasteiger partial charge in [0, 0.05) is 5.69 Å². The van der Waals surface area contributed by atoms with Gasteiger partial charge in [0.1, 0.15) is 0 Å². The number of aryl methyl sites for hydroxylation is 1. The summed E-state index contributed by atoms with van der Waals surface area (Å²) in [7, 11) is -3.68. The van der Waals surface area contributed by atoms with Gasteiger partial charge in [-0.25, -0.2) is 5.14 Å². The fraction of sp³-hybridized carbons (Fsp3) is 0.625. The molecule has 0 atom stereocenters. The van der Waals surface area contributed by atoms with E-state index in [2.05, 4.69) is 9.62 Å². The van der Waals surface area contributed by atoms with Crippen LogP contribution in [0.2, 0.25) is 0 Å². The Balaban J connectivity index is 0.00000242. The normalized spacial score (nSPS) is 16.6. The third-order valence-electron chi connectivity index (χ3n) is 3.85. The number of hydrogen-bond donors (Lipinski definition) is 2. The van der Waals surface area contributed by atoms with Crippen LogP contribution in [0, 0.1) is 0 Å². The van der Waals surface area contributed by atoms with Gasteiger partial charge in [-0.3, -0.25) is 4.72 Å². The quantitative estimate of drug-likeness (QED) is 0.843. The molecule has 1 aliphatic rings. The van der Waals surface area contributed by atoms with Gasteiger partial charge in [0.05, 0.1) is 0 Å². The summed E-state index contributed by atoms with van der Waals surface area (Å²) >= 11 is 0. The van der Waals surface area contributed by atoms with E-state index in [0.29, 0.717) is 5.69 Å². The van der Waals surface area contributed by atoms with Crippen LogP contribution < -0.4 is 9.86 Å². The molecule has 5 nitrogen and oxygen atoms in total. The molecule has 3 N–H and O–H groups in total. The van der Waals surface area contributed by atoms with Crippen LogP contribution in [-0.4, -0.2) is 33.0 Å². The Morgan fingerprint density at radius 2 is 1.64 bits per heavy atom. The minimum absolute atomic E-state index is 0. The van der Waals surface area contributed by atoms with Gasteiger partial charge in [0.2, 0.25) is 0 Å². The van der Waals surface area contributed by atoms with Gasteiger partial charge in [0.15, 0.2) is 0 Å². The molecule has 0 unspecified atom stereocenters. The lowest BCUT2D eigenvalue weighted by Gasteiger charge is -2.19. The Bertz CT molecular complexity index is 521. The lowest BCUT2D eigenvalue weighted by molar-refractivity contribution is 0.281. The predicted octanol–water partition coefficient (Wildman–Crippen LogP) is 2.75. The first kappa shape index (κ1) is 18.9. The molecule has 0 saturated carbocycles. The van der Waals surface area contributed by atoms with Crippen LogP contribution in [0.4, 0.5) is 5.69 Å². The van der Waals surface area contributed by atoms with Crippen molar-refractivity contribution >= 4 is 15.9 Å². The lowest BCUT2D eigenvalue weighted by atomic mass is 10.1. The van der Waals surface area contributed by atoms with Crippen molar-refractivity contribution in [1.29, 1.82) is 0 Å². The molecule has 1 heterocycles. The van der Waals surface area contributed by atoms with Gasteiger partial charge in [-0.2, -0.15) is 8.42 Å². The largest absolute Gasteiger partial charge is 0.303 e. The summed E-state index contributed by atoms with van der Waals surface area (Å²) in [5.74, 6) is 0. The van der Waals surface area contributed by atoms with E-state index in [9.17, 15) is 8.42 Å². The molecular formula is C16H29N3O2S. The molecular weight excluding hydrogens is 298 g/mol. The summed E-state index contributed by atoms with van der Waals surface area (Å²) in [5, 5.41) is 4.94. The summed E-state index contributed by atoms with van der Waals surface area (Å²) in [5.41, 5.74) is 1.73. The second-order valence-corrected chi connectivity index (χ2v) is 7.00. The van der Waals surface area contributed by atoms with E-state index in [1.807, 2.05) is 12.1 Å². The number of rotatable bonds is 6. The maximum absolute atomic E-state index is 10.9. The van der Waals surface area contributed by atoms with Gasteiger partial charge >= 0.3 is 0 Å². The first-order valence-electron chi connectivity index (χ1n) is 7.65. The summed E-state index contributed by atoms with van der Waals surface area (Å²) in [6, 6.07) is 7.42. The van der Waals surface area contributed by atoms with Crippen LogP contribution in [0.5, 0.6) is 0 Å². The van der Waals surface area contributed by atoms with Gasteiger partial charge in [-0.05, 0) is 63.0 Å². The fourth-order valence-corrected chi connectivity index (χ4v) is 3.23. The predicted molar refractivity (Wildman–Crippen MR) is 93.1 cm³/mol. The maximum Gasteiger partial charge on any atom is 0.296 e. The second kappa shape index (κ2) is 9.12. The first-order chi connectivity index (χ1) is 10.0. The Labute approximate surface area is 135 Å². The van der Waals surface area contributed by atoms with Gasteiger partial charge in [-0.15, -0.1) is 0 Å². The van der Waals surface area contributed by atoms with E-state index in [1.54, 1.807) is 12.1 Å². The van der Waals surface area contributed by atoms with Gasteiger partial charge in [0.25, 0.3) is 10.2 Å². The number of benzene rings is 1. The van der Waals surface area contributed by atoms with Crippen molar-refractivity contribution in [3.05, 3.63) is 29.8 Å². The molecule has 126 valence electrons. The third kappa shape index (κ3) is 7.24. The zero-order valence-corrected chi connectivity index (χ0v) is 13.2. The van der Waals surface area contributed by atoms with Crippen molar-refractivity contribution in [2.45, 2.75) is 46.0 Å². The molecule has 1 aromatic rings. The fourth-order valence-electron chi connectivity index (χ4n) is 2.77. The third-order valence-corrected chi connectivity index (χ3v) is 4.37.